The number of anilines is 2. The number of carbonyl (C=O) groups is 2. The molecule has 1 amide bonds. The van der Waals surface area contributed by atoms with Crippen molar-refractivity contribution in [1.29, 1.82) is 0 Å². The van der Waals surface area contributed by atoms with Crippen molar-refractivity contribution in [2.45, 2.75) is 32.9 Å². The maximum atomic E-state index is 12.9. The minimum absolute atomic E-state index is 0.0184. The van der Waals surface area contributed by atoms with Gasteiger partial charge in [0, 0.05) is 29.8 Å². The number of nitrogens with one attached hydrogen (secondary N) is 1. The smallest absolute Gasteiger partial charge is 0.232 e. The molecule has 35 heavy (non-hydrogen) atoms. The Labute approximate surface area is 210 Å². The number of ether oxygens (including phenoxy) is 1. The van der Waals surface area contributed by atoms with Gasteiger partial charge in [0.15, 0.2) is 10.9 Å². The van der Waals surface area contributed by atoms with E-state index in [0.29, 0.717) is 29.6 Å². The van der Waals surface area contributed by atoms with Gasteiger partial charge in [-0.1, -0.05) is 50.2 Å². The van der Waals surface area contributed by atoms with Gasteiger partial charge in [-0.2, -0.15) is 0 Å². The van der Waals surface area contributed by atoms with E-state index < -0.39 is 5.41 Å². The molecule has 2 heterocycles. The number of hydrogen-bond acceptors (Lipinski definition) is 7. The first-order chi connectivity index (χ1) is 16.7. The molecule has 1 saturated heterocycles. The highest BCUT2D eigenvalue weighted by Crippen LogP contribution is 2.28. The minimum Gasteiger partial charge on any atom is -0.378 e. The summed E-state index contributed by atoms with van der Waals surface area (Å²) in [6.07, 6.45) is 0. The molecule has 9 heteroatoms. The molecule has 4 rings (SSSR count). The first-order valence-corrected chi connectivity index (χ1v) is 12.6. The summed E-state index contributed by atoms with van der Waals surface area (Å²) in [4.78, 5) is 27.3. The van der Waals surface area contributed by atoms with Gasteiger partial charge in [0.25, 0.3) is 0 Å². The fraction of sp³-hybridized carbons (Fsp3) is 0.385. The van der Waals surface area contributed by atoms with Crippen LogP contribution in [0.3, 0.4) is 0 Å². The summed E-state index contributed by atoms with van der Waals surface area (Å²) in [5, 5.41) is 12.4. The van der Waals surface area contributed by atoms with Crippen LogP contribution in [0, 0.1) is 12.3 Å². The standard InChI is InChI=1S/C26H31N5O3S/c1-18-5-11-21(12-6-18)31-24(30-13-15-34-16-14-30)28-29-25(31)35-17-22(32)19-7-9-20(10-8-19)27-23(33)26(2,3)4/h5-12H,13-17H2,1-4H3,(H,27,33). The fourth-order valence-electron chi connectivity index (χ4n) is 3.52. The van der Waals surface area contributed by atoms with E-state index in [2.05, 4.69) is 32.5 Å². The molecule has 1 aromatic heterocycles. The summed E-state index contributed by atoms with van der Waals surface area (Å²) in [7, 11) is 0. The summed E-state index contributed by atoms with van der Waals surface area (Å²) in [5.74, 6) is 0.889. The van der Waals surface area contributed by atoms with Crippen molar-refractivity contribution in [3.8, 4) is 5.69 Å². The number of benzene rings is 2. The topological polar surface area (TPSA) is 89.3 Å². The zero-order valence-corrected chi connectivity index (χ0v) is 21.4. The van der Waals surface area contributed by atoms with E-state index in [1.807, 2.05) is 44.4 Å². The SMILES string of the molecule is Cc1ccc(-n2c(SCC(=O)c3ccc(NC(=O)C(C)(C)C)cc3)nnc2N2CCOCC2)cc1. The predicted molar refractivity (Wildman–Crippen MR) is 139 cm³/mol. The number of carbonyl (C=O) groups excluding carboxylic acids is 2. The number of amides is 1. The monoisotopic (exact) mass is 493 g/mol. The molecule has 0 bridgehead atoms. The van der Waals surface area contributed by atoms with E-state index in [-0.39, 0.29) is 17.4 Å². The first kappa shape index (κ1) is 24.9. The lowest BCUT2D eigenvalue weighted by Gasteiger charge is -2.27. The molecule has 3 aromatic rings. The Bertz CT molecular complexity index is 1180. The lowest BCUT2D eigenvalue weighted by Crippen LogP contribution is -2.37. The van der Waals surface area contributed by atoms with Crippen molar-refractivity contribution in [3.63, 3.8) is 0 Å². The molecule has 1 aliphatic heterocycles. The van der Waals surface area contributed by atoms with Crippen LogP contribution in [0.1, 0.15) is 36.7 Å². The molecule has 184 valence electrons. The van der Waals surface area contributed by atoms with Crippen molar-refractivity contribution >= 4 is 35.1 Å². The van der Waals surface area contributed by atoms with Gasteiger partial charge in [-0.3, -0.25) is 14.2 Å². The molecule has 0 saturated carbocycles. The van der Waals surface area contributed by atoms with Crippen LogP contribution in [0.15, 0.2) is 53.7 Å². The van der Waals surface area contributed by atoms with Crippen LogP contribution in [-0.4, -0.2) is 58.5 Å². The molecular formula is C26H31N5O3S. The van der Waals surface area contributed by atoms with Crippen molar-refractivity contribution in [2.75, 3.05) is 42.3 Å². The van der Waals surface area contributed by atoms with Gasteiger partial charge in [0.05, 0.1) is 24.7 Å². The number of rotatable bonds is 7. The van der Waals surface area contributed by atoms with Crippen molar-refractivity contribution in [1.82, 2.24) is 14.8 Å². The normalized spacial score (nSPS) is 14.1. The van der Waals surface area contributed by atoms with Gasteiger partial charge in [0.1, 0.15) is 0 Å². The number of aryl methyl sites for hydroxylation is 1. The Kier molecular flexibility index (Phi) is 7.57. The molecule has 0 spiro atoms. The molecular weight excluding hydrogens is 462 g/mol. The maximum Gasteiger partial charge on any atom is 0.232 e. The van der Waals surface area contributed by atoms with Gasteiger partial charge in [0.2, 0.25) is 11.9 Å². The van der Waals surface area contributed by atoms with Gasteiger partial charge in [-0.05, 0) is 43.3 Å². The van der Waals surface area contributed by atoms with Crippen LogP contribution in [0.5, 0.6) is 0 Å². The number of Topliss-reactive ketones (excluding diaryl/α,β-unsaturated/α-hetero) is 1. The molecule has 1 N–H and O–H groups in total. The predicted octanol–water partition coefficient (Wildman–Crippen LogP) is 4.37. The Morgan fingerprint density at radius 3 is 2.29 bits per heavy atom. The highest BCUT2D eigenvalue weighted by Gasteiger charge is 2.23. The summed E-state index contributed by atoms with van der Waals surface area (Å²) in [6, 6.07) is 15.2. The third kappa shape index (κ3) is 6.10. The number of aromatic nitrogens is 3. The van der Waals surface area contributed by atoms with E-state index in [4.69, 9.17) is 4.74 Å². The molecule has 0 unspecified atom stereocenters. The van der Waals surface area contributed by atoms with Crippen LogP contribution < -0.4 is 10.2 Å². The number of thioether (sulfide) groups is 1. The molecule has 8 nitrogen and oxygen atoms in total. The molecule has 1 aliphatic rings. The molecule has 0 atom stereocenters. The second-order valence-corrected chi connectivity index (χ2v) is 10.5. The van der Waals surface area contributed by atoms with Gasteiger partial charge in [-0.25, -0.2) is 0 Å². The Balaban J connectivity index is 1.49. The fourth-order valence-corrected chi connectivity index (χ4v) is 4.36. The Morgan fingerprint density at radius 1 is 1.00 bits per heavy atom. The number of morpholine rings is 1. The van der Waals surface area contributed by atoms with E-state index in [9.17, 15) is 9.59 Å². The van der Waals surface area contributed by atoms with Crippen molar-refractivity contribution in [2.24, 2.45) is 5.41 Å². The highest BCUT2D eigenvalue weighted by atomic mass is 32.2. The van der Waals surface area contributed by atoms with Crippen LogP contribution in [0.4, 0.5) is 11.6 Å². The maximum absolute atomic E-state index is 12.9. The van der Waals surface area contributed by atoms with E-state index in [1.165, 1.54) is 17.3 Å². The third-order valence-electron chi connectivity index (χ3n) is 5.68. The van der Waals surface area contributed by atoms with Crippen LogP contribution in [-0.2, 0) is 9.53 Å². The van der Waals surface area contributed by atoms with Gasteiger partial charge in [-0.15, -0.1) is 10.2 Å². The number of hydrogen-bond donors (Lipinski definition) is 1. The lowest BCUT2D eigenvalue weighted by molar-refractivity contribution is -0.123. The average molecular weight is 494 g/mol. The van der Waals surface area contributed by atoms with Crippen LogP contribution in [0.2, 0.25) is 0 Å². The molecule has 0 radical (unpaired) electrons. The zero-order chi connectivity index (χ0) is 25.0. The van der Waals surface area contributed by atoms with Crippen molar-refractivity contribution in [3.05, 3.63) is 59.7 Å². The van der Waals surface area contributed by atoms with E-state index in [1.54, 1.807) is 24.3 Å². The highest BCUT2D eigenvalue weighted by molar-refractivity contribution is 7.99. The van der Waals surface area contributed by atoms with E-state index >= 15 is 0 Å². The molecule has 1 fully saturated rings. The Morgan fingerprint density at radius 2 is 1.66 bits per heavy atom. The summed E-state index contributed by atoms with van der Waals surface area (Å²) >= 11 is 1.36. The van der Waals surface area contributed by atoms with E-state index in [0.717, 1.165) is 24.7 Å². The molecule has 0 aliphatic carbocycles. The largest absolute Gasteiger partial charge is 0.378 e. The molecule has 2 aromatic carbocycles. The van der Waals surface area contributed by atoms with Crippen molar-refractivity contribution < 1.29 is 14.3 Å². The quantitative estimate of drug-likeness (QED) is 0.386. The number of ketones is 1. The lowest BCUT2D eigenvalue weighted by atomic mass is 9.95. The summed E-state index contributed by atoms with van der Waals surface area (Å²) in [6.45, 7) is 10.4. The first-order valence-electron chi connectivity index (χ1n) is 11.6. The van der Waals surface area contributed by atoms with Gasteiger partial charge < -0.3 is 15.0 Å². The third-order valence-corrected chi connectivity index (χ3v) is 6.61. The van der Waals surface area contributed by atoms with Crippen LogP contribution in [0.25, 0.3) is 5.69 Å². The zero-order valence-electron chi connectivity index (χ0n) is 20.6. The average Bonchev–Trinajstić information content (AvgIpc) is 3.27. The summed E-state index contributed by atoms with van der Waals surface area (Å²) in [5.41, 5.74) is 2.89. The second-order valence-electron chi connectivity index (χ2n) is 9.55. The second kappa shape index (κ2) is 10.6. The van der Waals surface area contributed by atoms with Gasteiger partial charge >= 0.3 is 0 Å². The Hall–Kier alpha value is -3.17. The minimum atomic E-state index is -0.487. The van der Waals surface area contributed by atoms with Crippen LogP contribution >= 0.6 is 11.8 Å². The number of nitrogens with zero attached hydrogens (tertiary/aromatic N) is 4. The summed E-state index contributed by atoms with van der Waals surface area (Å²) < 4.78 is 7.50.